The molecule has 2 rings (SSSR count). The molecule has 0 unspecified atom stereocenters. The summed E-state index contributed by atoms with van der Waals surface area (Å²) in [6, 6.07) is 16.3. The number of benzene rings is 2. The number of unbranched alkanes of at least 4 members (excludes halogenated alkanes) is 10. The Bertz CT molecular complexity index is 984. The number of anilines is 2. The van der Waals surface area contributed by atoms with Crippen molar-refractivity contribution < 1.29 is 9.59 Å². The van der Waals surface area contributed by atoms with Gasteiger partial charge in [0.05, 0.1) is 0 Å². The highest BCUT2D eigenvalue weighted by molar-refractivity contribution is 5.91. The second-order valence-electron chi connectivity index (χ2n) is 13.4. The molecule has 0 spiro atoms. The Morgan fingerprint density at radius 2 is 0.787 bits per heavy atom. The van der Waals surface area contributed by atoms with E-state index in [1.54, 1.807) is 0 Å². The standard InChI is InChI=1S/C41H68N4O2/c1-5-9-13-15-17-31-44(29-11-7-3)33-27-40(46)42-38-23-19-36(20-24-38)35-37-21-25-39(26-22-37)43-41(47)28-34-45(30-12-8-4)32-18-16-14-10-6-2/h19-26H,5-18,27-35H2,1-4H3,(H,42,46)(H,43,47). The first-order valence-corrected chi connectivity index (χ1v) is 19.2. The highest BCUT2D eigenvalue weighted by Gasteiger charge is 2.11. The van der Waals surface area contributed by atoms with Crippen molar-refractivity contribution in [1.29, 1.82) is 0 Å². The number of nitrogens with one attached hydrogen (secondary N) is 2. The molecule has 0 aliphatic heterocycles. The fourth-order valence-corrected chi connectivity index (χ4v) is 5.93. The van der Waals surface area contributed by atoms with Gasteiger partial charge in [-0.15, -0.1) is 0 Å². The number of carbonyl (C=O) groups excluding carboxylic acids is 2. The van der Waals surface area contributed by atoms with Crippen molar-refractivity contribution in [3.8, 4) is 0 Å². The zero-order valence-corrected chi connectivity index (χ0v) is 30.6. The van der Waals surface area contributed by atoms with E-state index < -0.39 is 0 Å². The maximum absolute atomic E-state index is 12.7. The molecule has 2 N–H and O–H groups in total. The van der Waals surface area contributed by atoms with Crippen LogP contribution in [0.25, 0.3) is 0 Å². The van der Waals surface area contributed by atoms with E-state index in [4.69, 9.17) is 0 Å². The average molecular weight is 649 g/mol. The van der Waals surface area contributed by atoms with E-state index in [-0.39, 0.29) is 11.8 Å². The molecule has 2 aromatic rings. The highest BCUT2D eigenvalue weighted by atomic mass is 16.2. The first-order valence-electron chi connectivity index (χ1n) is 19.2. The van der Waals surface area contributed by atoms with Gasteiger partial charge in [-0.05, 0) is 93.7 Å². The SMILES string of the molecule is CCCCCCCN(CCCC)CCC(=O)Nc1ccc(Cc2ccc(NC(=O)CCN(CCCC)CCCCCCC)cc2)cc1. The van der Waals surface area contributed by atoms with Crippen molar-refractivity contribution >= 4 is 23.2 Å². The summed E-state index contributed by atoms with van der Waals surface area (Å²) in [6.07, 6.45) is 19.4. The molecule has 2 aromatic carbocycles. The number of rotatable bonds is 28. The van der Waals surface area contributed by atoms with Gasteiger partial charge in [0.2, 0.25) is 11.8 Å². The van der Waals surface area contributed by atoms with Crippen LogP contribution in [0.5, 0.6) is 0 Å². The molecule has 0 aliphatic rings. The van der Waals surface area contributed by atoms with E-state index in [9.17, 15) is 9.59 Å². The maximum Gasteiger partial charge on any atom is 0.225 e. The molecule has 264 valence electrons. The summed E-state index contributed by atoms with van der Waals surface area (Å²) in [7, 11) is 0. The summed E-state index contributed by atoms with van der Waals surface area (Å²) in [6.45, 7) is 15.0. The van der Waals surface area contributed by atoms with E-state index in [1.165, 1.54) is 101 Å². The third-order valence-electron chi connectivity index (χ3n) is 9.01. The molecule has 0 bridgehead atoms. The van der Waals surface area contributed by atoms with Gasteiger partial charge < -0.3 is 20.4 Å². The average Bonchev–Trinajstić information content (AvgIpc) is 3.08. The molecule has 0 radical (unpaired) electrons. The minimum atomic E-state index is 0.0824. The van der Waals surface area contributed by atoms with Crippen molar-refractivity contribution in [1.82, 2.24) is 9.80 Å². The highest BCUT2D eigenvalue weighted by Crippen LogP contribution is 2.17. The lowest BCUT2D eigenvalue weighted by Crippen LogP contribution is -2.30. The molecule has 2 amide bonds. The van der Waals surface area contributed by atoms with Crippen LogP contribution >= 0.6 is 0 Å². The lowest BCUT2D eigenvalue weighted by Gasteiger charge is -2.22. The third-order valence-corrected chi connectivity index (χ3v) is 9.01. The van der Waals surface area contributed by atoms with Crippen LogP contribution in [-0.4, -0.2) is 60.9 Å². The van der Waals surface area contributed by atoms with Crippen LogP contribution in [0.2, 0.25) is 0 Å². The topological polar surface area (TPSA) is 64.7 Å². The molecule has 0 saturated heterocycles. The lowest BCUT2D eigenvalue weighted by atomic mass is 10.0. The van der Waals surface area contributed by atoms with Gasteiger partial charge in [0.15, 0.2) is 0 Å². The van der Waals surface area contributed by atoms with E-state index in [0.717, 1.165) is 57.1 Å². The third kappa shape index (κ3) is 19.7. The normalized spacial score (nSPS) is 11.4. The quantitative estimate of drug-likeness (QED) is 0.0902. The Morgan fingerprint density at radius 3 is 1.15 bits per heavy atom. The number of hydrogen-bond acceptors (Lipinski definition) is 4. The molecule has 0 atom stereocenters. The zero-order valence-electron chi connectivity index (χ0n) is 30.6. The summed E-state index contributed by atoms with van der Waals surface area (Å²) < 4.78 is 0. The first-order chi connectivity index (χ1) is 23.0. The summed E-state index contributed by atoms with van der Waals surface area (Å²) in [5.41, 5.74) is 4.08. The first kappa shape index (κ1) is 40.5. The molecule has 0 saturated carbocycles. The Kier molecular flexibility index (Phi) is 22.6. The van der Waals surface area contributed by atoms with E-state index >= 15 is 0 Å². The molecule has 0 aromatic heterocycles. The van der Waals surface area contributed by atoms with Crippen molar-refractivity contribution in [2.24, 2.45) is 0 Å². The van der Waals surface area contributed by atoms with Crippen LogP contribution in [0.3, 0.4) is 0 Å². The predicted octanol–water partition coefficient (Wildman–Crippen LogP) is 10.1. The van der Waals surface area contributed by atoms with E-state index in [1.807, 2.05) is 24.3 Å². The Morgan fingerprint density at radius 1 is 0.447 bits per heavy atom. The number of hydrogen-bond donors (Lipinski definition) is 2. The molecule has 6 nitrogen and oxygen atoms in total. The van der Waals surface area contributed by atoms with Crippen molar-refractivity contribution in [3.05, 3.63) is 59.7 Å². The van der Waals surface area contributed by atoms with Gasteiger partial charge in [0.25, 0.3) is 0 Å². The van der Waals surface area contributed by atoms with Crippen LogP contribution in [-0.2, 0) is 16.0 Å². The van der Waals surface area contributed by atoms with Crippen molar-refractivity contribution in [2.75, 3.05) is 49.9 Å². The molecular weight excluding hydrogens is 580 g/mol. The van der Waals surface area contributed by atoms with Crippen molar-refractivity contribution in [2.45, 2.75) is 137 Å². The Balaban J connectivity index is 1.75. The molecule has 0 heterocycles. The van der Waals surface area contributed by atoms with Gasteiger partial charge in [-0.2, -0.15) is 0 Å². The van der Waals surface area contributed by atoms with Gasteiger partial charge in [-0.1, -0.05) is 116 Å². The van der Waals surface area contributed by atoms with E-state index in [2.05, 4.69) is 72.4 Å². The van der Waals surface area contributed by atoms with Gasteiger partial charge in [-0.25, -0.2) is 0 Å². The molecule has 6 heteroatoms. The van der Waals surface area contributed by atoms with Crippen LogP contribution in [0.4, 0.5) is 11.4 Å². The second-order valence-corrected chi connectivity index (χ2v) is 13.4. The molecular formula is C41H68N4O2. The predicted molar refractivity (Wildman–Crippen MR) is 202 cm³/mol. The van der Waals surface area contributed by atoms with E-state index in [0.29, 0.717) is 12.8 Å². The zero-order chi connectivity index (χ0) is 34.0. The van der Waals surface area contributed by atoms with Gasteiger partial charge in [-0.3, -0.25) is 9.59 Å². The summed E-state index contributed by atoms with van der Waals surface area (Å²) in [5.74, 6) is 0.165. The fraction of sp³-hybridized carbons (Fsp3) is 0.659. The van der Waals surface area contributed by atoms with Crippen LogP contribution in [0, 0.1) is 0 Å². The minimum Gasteiger partial charge on any atom is -0.326 e. The van der Waals surface area contributed by atoms with Crippen LogP contribution in [0.1, 0.15) is 142 Å². The lowest BCUT2D eigenvalue weighted by molar-refractivity contribution is -0.117. The summed E-state index contributed by atoms with van der Waals surface area (Å²) in [5, 5.41) is 6.18. The summed E-state index contributed by atoms with van der Waals surface area (Å²) >= 11 is 0. The van der Waals surface area contributed by atoms with Gasteiger partial charge >= 0.3 is 0 Å². The largest absolute Gasteiger partial charge is 0.326 e. The van der Waals surface area contributed by atoms with Crippen LogP contribution in [0.15, 0.2) is 48.5 Å². The van der Waals surface area contributed by atoms with Gasteiger partial charge in [0.1, 0.15) is 0 Å². The van der Waals surface area contributed by atoms with Gasteiger partial charge in [0, 0.05) is 37.3 Å². The minimum absolute atomic E-state index is 0.0824. The molecule has 47 heavy (non-hydrogen) atoms. The molecule has 0 fully saturated rings. The smallest absolute Gasteiger partial charge is 0.225 e. The monoisotopic (exact) mass is 649 g/mol. The maximum atomic E-state index is 12.7. The summed E-state index contributed by atoms with van der Waals surface area (Å²) in [4.78, 5) is 30.4. The fourth-order valence-electron chi connectivity index (χ4n) is 5.93. The number of nitrogens with zero attached hydrogens (tertiary/aromatic N) is 2. The Hall–Kier alpha value is -2.70. The molecule has 0 aliphatic carbocycles. The van der Waals surface area contributed by atoms with Crippen molar-refractivity contribution in [3.63, 3.8) is 0 Å². The van der Waals surface area contributed by atoms with Crippen LogP contribution < -0.4 is 10.6 Å². The Labute approximate surface area is 288 Å². The number of carbonyl (C=O) groups is 2. The number of amides is 2. The second kappa shape index (κ2) is 26.3.